The predicted molar refractivity (Wildman–Crippen MR) is 42.2 cm³/mol. The first-order valence-corrected chi connectivity index (χ1v) is 4.17. The van der Waals surface area contributed by atoms with Gasteiger partial charge in [0.25, 0.3) is 0 Å². The van der Waals surface area contributed by atoms with Crippen LogP contribution in [0.25, 0.3) is 0 Å². The van der Waals surface area contributed by atoms with Gasteiger partial charge in [-0.2, -0.15) is 0 Å². The van der Waals surface area contributed by atoms with Crippen molar-refractivity contribution in [2.24, 2.45) is 5.92 Å². The second kappa shape index (κ2) is 3.19. The highest BCUT2D eigenvalue weighted by Crippen LogP contribution is 2.22. The Morgan fingerprint density at radius 1 is 1.50 bits per heavy atom. The lowest BCUT2D eigenvalue weighted by atomic mass is 9.96. The monoisotopic (exact) mass is 204 g/mol. The lowest BCUT2D eigenvalue weighted by Gasteiger charge is -2.14. The highest BCUT2D eigenvalue weighted by atomic mass is 79.9. The van der Waals surface area contributed by atoms with Gasteiger partial charge >= 0.3 is 5.97 Å². The number of alkyl halides is 1. The van der Waals surface area contributed by atoms with E-state index >= 15 is 0 Å². The van der Waals surface area contributed by atoms with Crippen LogP contribution in [0.3, 0.4) is 0 Å². The summed E-state index contributed by atoms with van der Waals surface area (Å²) in [5.41, 5.74) is 0. The molecule has 0 aromatic carbocycles. The Kier molecular flexibility index (Phi) is 2.49. The Labute approximate surface area is 68.1 Å². The molecule has 0 fully saturated rings. The van der Waals surface area contributed by atoms with Crippen molar-refractivity contribution < 1.29 is 9.90 Å². The van der Waals surface area contributed by atoms with Crippen LogP contribution in [0.15, 0.2) is 12.2 Å². The van der Waals surface area contributed by atoms with Gasteiger partial charge in [0.15, 0.2) is 0 Å². The minimum Gasteiger partial charge on any atom is -0.481 e. The summed E-state index contributed by atoms with van der Waals surface area (Å²) in [5, 5.41) is 8.56. The summed E-state index contributed by atoms with van der Waals surface area (Å²) in [6.07, 6.45) is 5.34. The molecule has 2 unspecified atom stereocenters. The molecule has 0 aromatic rings. The molecule has 0 saturated heterocycles. The first-order valence-electron chi connectivity index (χ1n) is 3.25. The van der Waals surface area contributed by atoms with Crippen LogP contribution in [-0.4, -0.2) is 15.9 Å². The topological polar surface area (TPSA) is 37.3 Å². The van der Waals surface area contributed by atoms with Crippen LogP contribution in [0.2, 0.25) is 0 Å². The molecule has 3 heteroatoms. The van der Waals surface area contributed by atoms with Crippen molar-refractivity contribution >= 4 is 21.9 Å². The highest BCUT2D eigenvalue weighted by Gasteiger charge is 2.18. The molecule has 0 aromatic heterocycles. The third kappa shape index (κ3) is 1.84. The van der Waals surface area contributed by atoms with Gasteiger partial charge in [0, 0.05) is 4.83 Å². The van der Waals surface area contributed by atoms with E-state index in [1.807, 2.05) is 6.08 Å². The Bertz CT molecular complexity index is 165. The van der Waals surface area contributed by atoms with E-state index in [1.54, 1.807) is 6.08 Å². The molecule has 2 nitrogen and oxygen atoms in total. The van der Waals surface area contributed by atoms with E-state index in [0.717, 1.165) is 12.8 Å². The maximum absolute atomic E-state index is 10.4. The Morgan fingerprint density at radius 3 is 2.60 bits per heavy atom. The molecule has 0 radical (unpaired) electrons. The Morgan fingerprint density at radius 2 is 2.20 bits per heavy atom. The number of hydrogen-bond acceptors (Lipinski definition) is 1. The number of halogens is 1. The largest absolute Gasteiger partial charge is 0.481 e. The van der Waals surface area contributed by atoms with Gasteiger partial charge in [0.05, 0.1) is 5.92 Å². The van der Waals surface area contributed by atoms with Crippen LogP contribution in [0, 0.1) is 5.92 Å². The van der Waals surface area contributed by atoms with Gasteiger partial charge in [-0.25, -0.2) is 0 Å². The molecule has 0 aliphatic heterocycles. The van der Waals surface area contributed by atoms with Crippen molar-refractivity contribution in [3.05, 3.63) is 12.2 Å². The summed E-state index contributed by atoms with van der Waals surface area (Å²) in [5.74, 6) is -0.968. The molecule has 1 N–H and O–H groups in total. The molecule has 0 saturated carbocycles. The van der Waals surface area contributed by atoms with E-state index in [4.69, 9.17) is 5.11 Å². The van der Waals surface area contributed by atoms with Gasteiger partial charge in [0.1, 0.15) is 0 Å². The smallest absolute Gasteiger partial charge is 0.310 e. The van der Waals surface area contributed by atoms with Gasteiger partial charge in [-0.05, 0) is 12.8 Å². The summed E-state index contributed by atoms with van der Waals surface area (Å²) in [7, 11) is 0. The molecule has 1 aliphatic rings. The zero-order chi connectivity index (χ0) is 7.56. The van der Waals surface area contributed by atoms with Gasteiger partial charge < -0.3 is 5.11 Å². The fraction of sp³-hybridized carbons (Fsp3) is 0.571. The number of carboxylic acid groups (broad SMARTS) is 1. The standard InChI is InChI=1S/C7H9BrO2/c8-6-3-1-5(2-4-6)7(9)10/h1,3,5-6H,2,4H2,(H,9,10). The van der Waals surface area contributed by atoms with E-state index in [1.165, 1.54) is 0 Å². The second-order valence-corrected chi connectivity index (χ2v) is 3.60. The van der Waals surface area contributed by atoms with E-state index in [0.29, 0.717) is 4.83 Å². The molecule has 1 aliphatic carbocycles. The lowest BCUT2D eigenvalue weighted by Crippen LogP contribution is -2.16. The first kappa shape index (κ1) is 7.79. The average molecular weight is 205 g/mol. The second-order valence-electron chi connectivity index (χ2n) is 2.42. The summed E-state index contributed by atoms with van der Waals surface area (Å²) in [6, 6.07) is 0. The van der Waals surface area contributed by atoms with Crippen LogP contribution in [0.5, 0.6) is 0 Å². The Hall–Kier alpha value is -0.310. The number of rotatable bonds is 1. The first-order chi connectivity index (χ1) is 4.70. The molecule has 0 heterocycles. The molecular weight excluding hydrogens is 196 g/mol. The zero-order valence-corrected chi connectivity index (χ0v) is 7.04. The molecule has 1 rings (SSSR count). The van der Waals surface area contributed by atoms with Crippen molar-refractivity contribution in [1.29, 1.82) is 0 Å². The third-order valence-electron chi connectivity index (χ3n) is 1.62. The van der Waals surface area contributed by atoms with E-state index in [9.17, 15) is 4.79 Å². The van der Waals surface area contributed by atoms with Gasteiger partial charge in [-0.3, -0.25) is 4.79 Å². The van der Waals surface area contributed by atoms with Crippen molar-refractivity contribution in [2.75, 3.05) is 0 Å². The van der Waals surface area contributed by atoms with E-state index < -0.39 is 5.97 Å². The molecule has 10 heavy (non-hydrogen) atoms. The van der Waals surface area contributed by atoms with E-state index in [2.05, 4.69) is 15.9 Å². The van der Waals surface area contributed by atoms with Crippen LogP contribution >= 0.6 is 15.9 Å². The molecule has 2 atom stereocenters. The van der Waals surface area contributed by atoms with Crippen molar-refractivity contribution in [3.63, 3.8) is 0 Å². The van der Waals surface area contributed by atoms with Crippen molar-refractivity contribution in [3.8, 4) is 0 Å². The van der Waals surface area contributed by atoms with Crippen molar-refractivity contribution in [2.45, 2.75) is 17.7 Å². The zero-order valence-electron chi connectivity index (χ0n) is 5.46. The van der Waals surface area contributed by atoms with Crippen LogP contribution in [-0.2, 0) is 4.79 Å². The van der Waals surface area contributed by atoms with Gasteiger partial charge in [-0.15, -0.1) is 0 Å². The molecular formula is C7H9BrO2. The fourth-order valence-corrected chi connectivity index (χ4v) is 1.43. The molecule has 0 bridgehead atoms. The average Bonchev–Trinajstić information content (AvgIpc) is 1.88. The number of hydrogen-bond donors (Lipinski definition) is 1. The van der Waals surface area contributed by atoms with Crippen LogP contribution < -0.4 is 0 Å². The third-order valence-corrected chi connectivity index (χ3v) is 2.39. The molecule has 56 valence electrons. The maximum Gasteiger partial charge on any atom is 0.310 e. The quantitative estimate of drug-likeness (QED) is 0.523. The number of carboxylic acids is 1. The maximum atomic E-state index is 10.4. The normalized spacial score (nSPS) is 32.1. The predicted octanol–water partition coefficient (Wildman–Crippen LogP) is 1.80. The number of carbonyl (C=O) groups is 1. The van der Waals surface area contributed by atoms with Gasteiger partial charge in [-0.1, -0.05) is 28.1 Å². The SMILES string of the molecule is O=C(O)C1C=CC(Br)CC1. The Balaban J connectivity index is 2.53. The summed E-state index contributed by atoms with van der Waals surface area (Å²) < 4.78 is 0. The van der Waals surface area contributed by atoms with E-state index in [-0.39, 0.29) is 5.92 Å². The van der Waals surface area contributed by atoms with Crippen LogP contribution in [0.1, 0.15) is 12.8 Å². The summed E-state index contributed by atoms with van der Waals surface area (Å²) in [4.78, 5) is 10.8. The minimum atomic E-state index is -0.712. The lowest BCUT2D eigenvalue weighted by molar-refractivity contribution is -0.140. The molecule has 0 spiro atoms. The highest BCUT2D eigenvalue weighted by molar-refractivity contribution is 9.09. The minimum absolute atomic E-state index is 0.256. The number of aliphatic carboxylic acids is 1. The van der Waals surface area contributed by atoms with Gasteiger partial charge in [0.2, 0.25) is 0 Å². The summed E-state index contributed by atoms with van der Waals surface area (Å²) in [6.45, 7) is 0. The fourth-order valence-electron chi connectivity index (χ4n) is 0.992. The molecule has 0 amide bonds. The summed E-state index contributed by atoms with van der Waals surface area (Å²) >= 11 is 3.39. The number of allylic oxidation sites excluding steroid dienone is 1. The van der Waals surface area contributed by atoms with Crippen molar-refractivity contribution in [1.82, 2.24) is 0 Å². The van der Waals surface area contributed by atoms with Crippen LogP contribution in [0.4, 0.5) is 0 Å².